The van der Waals surface area contributed by atoms with Gasteiger partial charge in [-0.2, -0.15) is 29.9 Å². The molecule has 2 aromatic heterocycles. The highest BCUT2D eigenvalue weighted by atomic mass is 16.6. The lowest BCUT2D eigenvalue weighted by molar-refractivity contribution is -0.143. The van der Waals surface area contributed by atoms with Crippen LogP contribution in [0.1, 0.15) is 131 Å². The number of hydrogen-bond donors (Lipinski definition) is 8. The van der Waals surface area contributed by atoms with Crippen molar-refractivity contribution < 1.29 is 66.6 Å². The van der Waals surface area contributed by atoms with Gasteiger partial charge in [0.15, 0.2) is 0 Å². The van der Waals surface area contributed by atoms with Crippen molar-refractivity contribution in [2.75, 3.05) is 88.2 Å². The highest BCUT2D eigenvalue weighted by Gasteiger charge is 2.27. The van der Waals surface area contributed by atoms with Crippen LogP contribution < -0.4 is 71.4 Å². The third-order valence-corrected chi connectivity index (χ3v) is 13.8. The number of alkyl carbamates (subject to hydrolysis) is 1. The summed E-state index contributed by atoms with van der Waals surface area (Å²) in [6.07, 6.45) is 6.75. The van der Waals surface area contributed by atoms with E-state index in [9.17, 15) is 24.0 Å². The average molecular weight is 1290 g/mol. The molecule has 0 spiro atoms. The number of ether oxygens (including phenoxy) is 9. The second-order valence-corrected chi connectivity index (χ2v) is 22.2. The molecule has 0 saturated heterocycles. The molecule has 93 heavy (non-hydrogen) atoms. The Morgan fingerprint density at radius 2 is 0.946 bits per heavy atom. The summed E-state index contributed by atoms with van der Waals surface area (Å²) in [4.78, 5) is 90.2. The number of carbonyl (C=O) groups is 5. The molecule has 6 heterocycles. The van der Waals surface area contributed by atoms with Crippen molar-refractivity contribution in [1.82, 2.24) is 45.9 Å². The Morgan fingerprint density at radius 3 is 1.34 bits per heavy atom. The number of nitrogens with zero attached hydrogens (tertiary/aromatic N) is 6. The third kappa shape index (κ3) is 24.0. The van der Waals surface area contributed by atoms with E-state index >= 15 is 0 Å². The molecule has 0 aliphatic carbocycles. The van der Waals surface area contributed by atoms with Gasteiger partial charge in [-0.05, 0) is 165 Å². The predicted molar refractivity (Wildman–Crippen MR) is 347 cm³/mol. The SMILES string of the molecule is CCOc1nc2nc(n1)Nc1ccc(C(=O)N[C@@H](CCN)C(=O)OC)c(c1)OCCCCCCOc1ccc(cc1)CN2.CCOc1nc2nc(n1)Nc1ccc(C(=O)N[C@@H](CCNC(=O)OC(C)(C)C)C(=O)OC)c(c1)OCCCCCCOc1ccc(cc1)CN2. The van der Waals surface area contributed by atoms with E-state index in [1.807, 2.05) is 62.4 Å². The monoisotopic (exact) mass is 1290 g/mol. The number of nitrogens with two attached hydrogens (primary N) is 1. The summed E-state index contributed by atoms with van der Waals surface area (Å²) >= 11 is 0. The molecule has 28 heteroatoms. The molecule has 0 radical (unpaired) electrons. The van der Waals surface area contributed by atoms with Crippen LogP contribution in [0.5, 0.6) is 35.0 Å². The average Bonchev–Trinajstić information content (AvgIpc) is 1.17. The van der Waals surface area contributed by atoms with Gasteiger partial charge in [0.25, 0.3) is 11.8 Å². The first-order valence-electron chi connectivity index (χ1n) is 31.2. The van der Waals surface area contributed by atoms with Crippen molar-refractivity contribution in [3.8, 4) is 35.0 Å². The van der Waals surface area contributed by atoms with Gasteiger partial charge in [0, 0.05) is 43.1 Å². The molecule has 28 nitrogen and oxygen atoms in total. The number of benzene rings is 4. The Hall–Kier alpha value is -9.99. The van der Waals surface area contributed by atoms with Crippen molar-refractivity contribution in [3.05, 3.63) is 107 Å². The second kappa shape index (κ2) is 36.8. The Balaban J connectivity index is 0.000000266. The number of hydrogen-bond acceptors (Lipinski definition) is 25. The molecule has 0 fully saturated rings. The number of aromatic nitrogens is 6. The van der Waals surface area contributed by atoms with Crippen LogP contribution in [0.15, 0.2) is 84.9 Å². The maximum Gasteiger partial charge on any atom is 0.407 e. The molecule has 10 rings (SSSR count). The van der Waals surface area contributed by atoms with E-state index in [2.05, 4.69) is 67.1 Å². The van der Waals surface area contributed by atoms with E-state index in [0.717, 1.165) is 74.0 Å². The van der Waals surface area contributed by atoms with E-state index in [0.29, 0.717) is 81.8 Å². The number of fused-ring (bicyclic) bond motifs is 20. The standard InChI is InChI=1S/C35H47N7O8.C30H39N7O6/c1-6-47-33-41-31-37-22-23-11-14-25(15-12-23)48-19-9-7-8-10-20-49-28-21-24(38-32(40-31)42-33)13-16-26(28)29(43)39-27(30(44)46-5)17-18-36-34(45)50-35(2,3)4;1-3-41-30-36-28-32-19-20-8-11-22(12-9-20)42-16-6-4-5-7-17-43-25-18-21(33-29(35-28)37-30)10-13-23(25)26(38)34-24(14-15-31)27(39)40-2/h11-16,21,27H,6-10,17-20,22H2,1-5H3,(H,36,45)(H,39,43)(H2,37,38,40,41,42);8-13,18,24H,3-7,14-17,19,31H2,1-2H3,(H,34,38)(H2,32,33,35,36,37)/t27-;24-/m00/s1. The van der Waals surface area contributed by atoms with Gasteiger partial charge in [0.1, 0.15) is 40.7 Å². The van der Waals surface area contributed by atoms with Crippen LogP contribution in [-0.4, -0.2) is 144 Å². The maximum absolute atomic E-state index is 13.6. The number of anilines is 6. The number of carbonyl (C=O) groups excluding carboxylic acids is 5. The van der Waals surface area contributed by atoms with Crippen LogP contribution in [0.25, 0.3) is 0 Å². The van der Waals surface area contributed by atoms with Crippen molar-refractivity contribution in [3.63, 3.8) is 0 Å². The molecule has 500 valence electrons. The van der Waals surface area contributed by atoms with Gasteiger partial charge in [0.05, 0.1) is 65.0 Å². The molecule has 0 unspecified atom stereocenters. The Bertz CT molecular complexity index is 3380. The first-order chi connectivity index (χ1) is 45.0. The van der Waals surface area contributed by atoms with Gasteiger partial charge in [-0.1, -0.05) is 24.3 Å². The van der Waals surface area contributed by atoms with E-state index in [4.69, 9.17) is 48.4 Å². The van der Waals surface area contributed by atoms with Gasteiger partial charge in [-0.15, -0.1) is 0 Å². The van der Waals surface area contributed by atoms with Crippen molar-refractivity contribution in [1.29, 1.82) is 0 Å². The Kier molecular flexibility index (Phi) is 27.8. The largest absolute Gasteiger partial charge is 0.494 e. The van der Waals surface area contributed by atoms with E-state index in [-0.39, 0.29) is 66.7 Å². The normalized spacial score (nSPS) is 14.3. The third-order valence-electron chi connectivity index (χ3n) is 13.8. The minimum absolute atomic E-state index is 0.0600. The zero-order valence-electron chi connectivity index (χ0n) is 53.9. The molecule has 12 bridgehead atoms. The van der Waals surface area contributed by atoms with Crippen LogP contribution in [0.3, 0.4) is 0 Å². The molecule has 2 atom stereocenters. The zero-order chi connectivity index (χ0) is 66.4. The van der Waals surface area contributed by atoms with Crippen molar-refractivity contribution in [2.24, 2.45) is 5.73 Å². The summed E-state index contributed by atoms with van der Waals surface area (Å²) in [6.45, 7) is 12.8. The second-order valence-electron chi connectivity index (χ2n) is 22.2. The van der Waals surface area contributed by atoms with Crippen LogP contribution in [0.4, 0.5) is 40.0 Å². The highest BCUT2D eigenvalue weighted by Crippen LogP contribution is 2.30. The van der Waals surface area contributed by atoms with Gasteiger partial charge >= 0.3 is 30.1 Å². The topological polar surface area (TPSA) is 356 Å². The molecular formula is C65H86N14O14. The molecule has 3 amide bonds. The van der Waals surface area contributed by atoms with Crippen LogP contribution in [0.2, 0.25) is 0 Å². The highest BCUT2D eigenvalue weighted by molar-refractivity contribution is 6.00. The van der Waals surface area contributed by atoms with E-state index in [1.54, 1.807) is 57.2 Å². The zero-order valence-corrected chi connectivity index (χ0v) is 53.9. The smallest absolute Gasteiger partial charge is 0.407 e. The first kappa shape index (κ1) is 70.5. The van der Waals surface area contributed by atoms with Gasteiger partial charge in [-0.3, -0.25) is 9.59 Å². The predicted octanol–water partition coefficient (Wildman–Crippen LogP) is 8.72. The summed E-state index contributed by atoms with van der Waals surface area (Å²) in [5.41, 5.74) is 8.59. The maximum atomic E-state index is 13.6. The molecular weight excluding hydrogens is 1200 g/mol. The lowest BCUT2D eigenvalue weighted by Gasteiger charge is -2.21. The fourth-order valence-electron chi connectivity index (χ4n) is 9.13. The summed E-state index contributed by atoms with van der Waals surface area (Å²) in [7, 11) is 2.49. The minimum Gasteiger partial charge on any atom is -0.494 e. The van der Waals surface area contributed by atoms with Crippen molar-refractivity contribution >= 4 is 65.0 Å². The summed E-state index contributed by atoms with van der Waals surface area (Å²) < 4.78 is 50.2. The van der Waals surface area contributed by atoms with Crippen LogP contribution in [-0.2, 0) is 36.9 Å². The number of rotatable bonds is 15. The first-order valence-corrected chi connectivity index (χ1v) is 31.2. The van der Waals surface area contributed by atoms with Gasteiger partial charge < -0.3 is 85.6 Å². The molecule has 4 aromatic carbocycles. The lowest BCUT2D eigenvalue weighted by atomic mass is 10.1. The molecule has 6 aromatic rings. The quantitative estimate of drug-likeness (QED) is 0.0352. The van der Waals surface area contributed by atoms with Gasteiger partial charge in [0.2, 0.25) is 23.8 Å². The number of methoxy groups -OCH3 is 2. The summed E-state index contributed by atoms with van der Waals surface area (Å²) in [5, 5.41) is 20.8. The Labute approximate surface area is 541 Å². The van der Waals surface area contributed by atoms with Crippen molar-refractivity contribution in [2.45, 2.75) is 130 Å². The fraction of sp³-hybridized carbons (Fsp3) is 0.462. The number of amides is 3. The molecule has 0 saturated carbocycles. The summed E-state index contributed by atoms with van der Waals surface area (Å²) in [6, 6.07) is 24.0. The Morgan fingerprint density at radius 1 is 0.538 bits per heavy atom. The van der Waals surface area contributed by atoms with E-state index < -0.39 is 47.5 Å². The molecule has 9 N–H and O–H groups in total. The van der Waals surface area contributed by atoms with Gasteiger partial charge in [-0.25, -0.2) is 14.4 Å². The van der Waals surface area contributed by atoms with Crippen LogP contribution >= 0.6 is 0 Å². The molecule has 4 aliphatic rings. The number of esters is 2. The fourth-order valence-corrected chi connectivity index (χ4v) is 9.13. The molecule has 4 aliphatic heterocycles. The van der Waals surface area contributed by atoms with Crippen LogP contribution in [0, 0.1) is 0 Å². The minimum atomic E-state index is -1.04. The number of nitrogens with one attached hydrogen (secondary N) is 7. The summed E-state index contributed by atoms with van der Waals surface area (Å²) in [5.74, 6) is 1.06. The lowest BCUT2D eigenvalue weighted by Crippen LogP contribution is -2.44. The van der Waals surface area contributed by atoms with E-state index in [1.165, 1.54) is 14.2 Å².